The highest BCUT2D eigenvalue weighted by Gasteiger charge is 2.21. The topological polar surface area (TPSA) is 46.2 Å². The second-order valence-electron chi connectivity index (χ2n) is 9.75. The number of rotatable bonds is 3. The third-order valence-corrected chi connectivity index (χ3v) is 7.95. The highest BCUT2D eigenvalue weighted by molar-refractivity contribution is 7.80. The molecule has 3 nitrogen and oxygen atoms in total. The first-order valence-electron chi connectivity index (χ1n) is 12.0. The van der Waals surface area contributed by atoms with Gasteiger partial charge in [-0.1, -0.05) is 42.5 Å². The molecule has 176 valence electrons. The Morgan fingerprint density at radius 2 is 1.25 bits per heavy atom. The van der Waals surface area contributed by atoms with Gasteiger partial charge in [0.15, 0.2) is 6.29 Å². The van der Waals surface area contributed by atoms with Crippen LogP contribution in [-0.4, -0.2) is 12.2 Å². The Morgan fingerprint density at radius 3 is 1.94 bits per heavy atom. The predicted molar refractivity (Wildman–Crippen MR) is 154 cm³/mol. The van der Waals surface area contributed by atoms with Crippen LogP contribution in [0.4, 0.5) is 5.69 Å². The standard InChI is InChI=1S/C32H25NO2S/c1-16-5-7-21-23-9-10-25(32(35)33-26-14-18(3)17(2)13-19(26)4)29-20(15-34)6-8-22(31(23)29)24-11-12-27(36)28(16)30(21)24/h5-15,36H,1-4H3,(H,33,35). The summed E-state index contributed by atoms with van der Waals surface area (Å²) in [6, 6.07) is 20.1. The number of carbonyl (C=O) groups excluding carboxylic acids is 2. The van der Waals surface area contributed by atoms with E-state index < -0.39 is 0 Å². The number of benzene rings is 6. The minimum absolute atomic E-state index is 0.223. The Labute approximate surface area is 214 Å². The number of nitrogens with one attached hydrogen (secondary N) is 1. The number of carbonyl (C=O) groups is 2. The highest BCUT2D eigenvalue weighted by Crippen LogP contribution is 2.44. The van der Waals surface area contributed by atoms with Crippen molar-refractivity contribution in [2.75, 3.05) is 5.32 Å². The van der Waals surface area contributed by atoms with Gasteiger partial charge in [0, 0.05) is 27.1 Å². The fourth-order valence-electron chi connectivity index (χ4n) is 5.64. The number of anilines is 1. The summed E-state index contributed by atoms with van der Waals surface area (Å²) in [6.45, 7) is 8.19. The van der Waals surface area contributed by atoms with Gasteiger partial charge in [-0.2, -0.15) is 0 Å². The van der Waals surface area contributed by atoms with Crippen molar-refractivity contribution in [3.63, 3.8) is 0 Å². The van der Waals surface area contributed by atoms with Crippen molar-refractivity contribution in [1.29, 1.82) is 0 Å². The predicted octanol–water partition coefficient (Wildman–Crippen LogP) is 8.32. The Bertz CT molecular complexity index is 1850. The van der Waals surface area contributed by atoms with Gasteiger partial charge in [0.2, 0.25) is 0 Å². The molecule has 0 aliphatic heterocycles. The van der Waals surface area contributed by atoms with Crippen LogP contribution in [0.25, 0.3) is 43.1 Å². The minimum Gasteiger partial charge on any atom is -0.322 e. The molecule has 0 aromatic heterocycles. The molecular formula is C32H25NO2S. The van der Waals surface area contributed by atoms with E-state index in [1.54, 1.807) is 0 Å². The molecule has 0 saturated heterocycles. The molecule has 0 heterocycles. The molecule has 0 unspecified atom stereocenters. The van der Waals surface area contributed by atoms with Gasteiger partial charge in [-0.3, -0.25) is 9.59 Å². The van der Waals surface area contributed by atoms with Gasteiger partial charge in [0.1, 0.15) is 0 Å². The molecule has 0 radical (unpaired) electrons. The van der Waals surface area contributed by atoms with Crippen LogP contribution in [0.15, 0.2) is 65.6 Å². The van der Waals surface area contributed by atoms with E-state index in [0.29, 0.717) is 16.5 Å². The molecule has 6 aromatic carbocycles. The SMILES string of the molecule is Cc1cc(C)c(NC(=O)c2ccc3c4ccc(C)c5c(S)ccc(c6ccc(C=O)c2c63)c54)cc1C. The van der Waals surface area contributed by atoms with Gasteiger partial charge in [-0.05, 0) is 106 Å². The van der Waals surface area contributed by atoms with Crippen molar-refractivity contribution >= 4 is 73.6 Å². The van der Waals surface area contributed by atoms with Crippen LogP contribution in [0, 0.1) is 27.7 Å². The number of fused-ring (bicyclic) bond motifs is 2. The Kier molecular flexibility index (Phi) is 5.06. The number of hydrogen-bond acceptors (Lipinski definition) is 3. The maximum Gasteiger partial charge on any atom is 0.256 e. The Hall–Kier alpha value is -3.89. The Balaban J connectivity index is 1.68. The molecule has 36 heavy (non-hydrogen) atoms. The van der Waals surface area contributed by atoms with Crippen LogP contribution in [0.1, 0.15) is 43.0 Å². The van der Waals surface area contributed by atoms with Crippen LogP contribution in [-0.2, 0) is 0 Å². The van der Waals surface area contributed by atoms with Crippen molar-refractivity contribution in [2.24, 2.45) is 0 Å². The lowest BCUT2D eigenvalue weighted by atomic mass is 9.86. The zero-order valence-corrected chi connectivity index (χ0v) is 21.5. The van der Waals surface area contributed by atoms with E-state index >= 15 is 0 Å². The largest absolute Gasteiger partial charge is 0.322 e. The highest BCUT2D eigenvalue weighted by atomic mass is 32.1. The molecule has 0 saturated carbocycles. The fraction of sp³-hybridized carbons (Fsp3) is 0.125. The van der Waals surface area contributed by atoms with Crippen molar-refractivity contribution in [2.45, 2.75) is 32.6 Å². The minimum atomic E-state index is -0.223. The van der Waals surface area contributed by atoms with E-state index in [9.17, 15) is 9.59 Å². The van der Waals surface area contributed by atoms with Gasteiger partial charge < -0.3 is 5.32 Å². The van der Waals surface area contributed by atoms with E-state index in [-0.39, 0.29) is 5.91 Å². The summed E-state index contributed by atoms with van der Waals surface area (Å²) >= 11 is 4.75. The summed E-state index contributed by atoms with van der Waals surface area (Å²) in [4.78, 5) is 26.8. The van der Waals surface area contributed by atoms with Crippen molar-refractivity contribution in [3.05, 3.63) is 94.0 Å². The molecule has 0 aliphatic rings. The second kappa shape index (κ2) is 8.07. The van der Waals surface area contributed by atoms with Crippen molar-refractivity contribution in [3.8, 4) is 0 Å². The molecule has 1 N–H and O–H groups in total. The summed E-state index contributed by atoms with van der Waals surface area (Å²) < 4.78 is 0. The molecule has 0 fully saturated rings. The maximum atomic E-state index is 13.7. The molecule has 4 heteroatoms. The molecule has 0 spiro atoms. The number of hydrogen-bond donors (Lipinski definition) is 2. The summed E-state index contributed by atoms with van der Waals surface area (Å²) in [7, 11) is 0. The van der Waals surface area contributed by atoms with E-state index in [1.807, 2.05) is 50.2 Å². The second-order valence-corrected chi connectivity index (χ2v) is 10.2. The van der Waals surface area contributed by atoms with E-state index in [4.69, 9.17) is 12.6 Å². The molecule has 6 aromatic rings. The lowest BCUT2D eigenvalue weighted by molar-refractivity contribution is 0.102. The molecule has 0 atom stereocenters. The fourth-order valence-corrected chi connectivity index (χ4v) is 6.00. The summed E-state index contributed by atoms with van der Waals surface area (Å²) in [5.41, 5.74) is 6.26. The van der Waals surface area contributed by atoms with Crippen LogP contribution in [0.5, 0.6) is 0 Å². The normalized spacial score (nSPS) is 11.7. The van der Waals surface area contributed by atoms with Crippen molar-refractivity contribution in [1.82, 2.24) is 0 Å². The summed E-state index contributed by atoms with van der Waals surface area (Å²) in [6.07, 6.45) is 0.845. The number of thiol groups is 1. The first-order valence-corrected chi connectivity index (χ1v) is 12.4. The van der Waals surface area contributed by atoms with Gasteiger partial charge in [-0.15, -0.1) is 12.6 Å². The van der Waals surface area contributed by atoms with Gasteiger partial charge >= 0.3 is 0 Å². The van der Waals surface area contributed by atoms with Gasteiger partial charge in [-0.25, -0.2) is 0 Å². The summed E-state index contributed by atoms with van der Waals surface area (Å²) in [5.74, 6) is -0.223. The van der Waals surface area contributed by atoms with Crippen LogP contribution in [0.3, 0.4) is 0 Å². The maximum absolute atomic E-state index is 13.7. The number of aldehydes is 1. The molecule has 6 rings (SSSR count). The molecule has 0 aliphatic carbocycles. The number of aryl methyl sites for hydroxylation is 4. The zero-order chi connectivity index (χ0) is 25.3. The van der Waals surface area contributed by atoms with E-state index in [2.05, 4.69) is 43.4 Å². The Morgan fingerprint density at radius 1 is 0.667 bits per heavy atom. The number of amides is 1. The summed E-state index contributed by atoms with van der Waals surface area (Å²) in [5, 5.41) is 11.3. The van der Waals surface area contributed by atoms with Crippen LogP contribution >= 0.6 is 12.6 Å². The lowest BCUT2D eigenvalue weighted by Crippen LogP contribution is -2.14. The average Bonchev–Trinajstić information content (AvgIpc) is 2.86. The zero-order valence-electron chi connectivity index (χ0n) is 20.6. The first-order chi connectivity index (χ1) is 17.3. The van der Waals surface area contributed by atoms with Gasteiger partial charge in [0.25, 0.3) is 5.91 Å². The third kappa shape index (κ3) is 3.14. The van der Waals surface area contributed by atoms with Gasteiger partial charge in [0.05, 0.1) is 0 Å². The quantitative estimate of drug-likeness (QED) is 0.114. The molecular weight excluding hydrogens is 462 g/mol. The monoisotopic (exact) mass is 487 g/mol. The molecule has 0 bridgehead atoms. The average molecular weight is 488 g/mol. The van der Waals surface area contributed by atoms with E-state index in [0.717, 1.165) is 65.7 Å². The van der Waals surface area contributed by atoms with Crippen LogP contribution < -0.4 is 5.32 Å². The molecule has 1 amide bonds. The van der Waals surface area contributed by atoms with E-state index in [1.165, 1.54) is 11.1 Å². The lowest BCUT2D eigenvalue weighted by Gasteiger charge is -2.19. The van der Waals surface area contributed by atoms with Crippen molar-refractivity contribution < 1.29 is 9.59 Å². The first kappa shape index (κ1) is 22.6. The smallest absolute Gasteiger partial charge is 0.256 e. The third-order valence-electron chi connectivity index (χ3n) is 7.58. The van der Waals surface area contributed by atoms with Crippen LogP contribution in [0.2, 0.25) is 0 Å².